The van der Waals surface area contributed by atoms with E-state index in [1.54, 1.807) is 38.1 Å². The fourth-order valence-electron chi connectivity index (χ4n) is 2.35. The Hall–Kier alpha value is -1.94. The monoisotopic (exact) mass is 428 g/mol. The lowest BCUT2D eigenvalue weighted by Crippen LogP contribution is -2.14. The molecule has 0 unspecified atom stereocenters. The molecule has 0 saturated heterocycles. The Morgan fingerprint density at radius 1 is 0.786 bits per heavy atom. The second kappa shape index (κ2) is 9.51. The van der Waals surface area contributed by atoms with Crippen molar-refractivity contribution in [1.82, 2.24) is 0 Å². The van der Waals surface area contributed by atoms with Crippen LogP contribution in [0.3, 0.4) is 0 Å². The Labute approximate surface area is 166 Å². The van der Waals surface area contributed by atoms with Gasteiger partial charge in [-0.2, -0.15) is 16.8 Å². The van der Waals surface area contributed by atoms with Crippen molar-refractivity contribution < 1.29 is 29.9 Å². The SMILES string of the molecule is CCCOS(=O)(=O)c1ccc(C)c(OCCOS(=O)(=O)c2ccccc2C)c1. The summed E-state index contributed by atoms with van der Waals surface area (Å²) < 4.78 is 64.2. The van der Waals surface area contributed by atoms with Gasteiger partial charge in [-0.3, -0.25) is 8.37 Å². The third-order valence-corrected chi connectivity index (χ3v) is 6.62. The highest BCUT2D eigenvalue weighted by molar-refractivity contribution is 7.87. The van der Waals surface area contributed by atoms with Crippen molar-refractivity contribution in [3.05, 3.63) is 53.6 Å². The summed E-state index contributed by atoms with van der Waals surface area (Å²) in [5.74, 6) is 0.318. The highest BCUT2D eigenvalue weighted by atomic mass is 32.2. The van der Waals surface area contributed by atoms with Crippen LogP contribution in [-0.4, -0.2) is 36.7 Å². The molecule has 0 heterocycles. The Kier molecular flexibility index (Phi) is 7.59. The summed E-state index contributed by atoms with van der Waals surface area (Å²) in [6.45, 7) is 5.07. The Balaban J connectivity index is 2.01. The van der Waals surface area contributed by atoms with Gasteiger partial charge in [0.05, 0.1) is 16.4 Å². The smallest absolute Gasteiger partial charge is 0.297 e. The van der Waals surface area contributed by atoms with E-state index in [0.717, 1.165) is 0 Å². The molecule has 2 aromatic carbocycles. The zero-order valence-corrected chi connectivity index (χ0v) is 17.7. The van der Waals surface area contributed by atoms with Gasteiger partial charge >= 0.3 is 0 Å². The van der Waals surface area contributed by atoms with Gasteiger partial charge in [-0.1, -0.05) is 31.2 Å². The molecule has 0 N–H and O–H groups in total. The molecule has 0 spiro atoms. The van der Waals surface area contributed by atoms with Gasteiger partial charge in [-0.15, -0.1) is 0 Å². The fourth-order valence-corrected chi connectivity index (χ4v) is 4.48. The summed E-state index contributed by atoms with van der Waals surface area (Å²) >= 11 is 0. The topological polar surface area (TPSA) is 96.0 Å². The van der Waals surface area contributed by atoms with E-state index >= 15 is 0 Å². The molecule has 0 saturated carbocycles. The lowest BCUT2D eigenvalue weighted by molar-refractivity contribution is 0.219. The van der Waals surface area contributed by atoms with Crippen LogP contribution in [0.5, 0.6) is 5.75 Å². The second-order valence-electron chi connectivity index (χ2n) is 6.09. The predicted molar refractivity (Wildman–Crippen MR) is 104 cm³/mol. The van der Waals surface area contributed by atoms with Gasteiger partial charge < -0.3 is 4.74 Å². The van der Waals surface area contributed by atoms with Crippen LogP contribution >= 0.6 is 0 Å². The van der Waals surface area contributed by atoms with Gasteiger partial charge in [-0.05, 0) is 43.5 Å². The number of aryl methyl sites for hydroxylation is 2. The van der Waals surface area contributed by atoms with E-state index in [0.29, 0.717) is 23.3 Å². The van der Waals surface area contributed by atoms with Crippen LogP contribution in [-0.2, 0) is 28.6 Å². The Morgan fingerprint density at radius 2 is 1.46 bits per heavy atom. The molecule has 0 radical (unpaired) electrons. The first-order valence-corrected chi connectivity index (χ1v) is 11.6. The standard InChI is InChI=1S/C19H24O7S2/c1-4-11-25-27(20,21)17-10-9-15(2)18(14-17)24-12-13-26-28(22,23)19-8-6-5-7-16(19)3/h5-10,14H,4,11-13H2,1-3H3. The van der Waals surface area contributed by atoms with E-state index in [1.807, 2.05) is 6.92 Å². The summed E-state index contributed by atoms with van der Waals surface area (Å²) in [6.07, 6.45) is 0.571. The average Bonchev–Trinajstić information content (AvgIpc) is 2.65. The van der Waals surface area contributed by atoms with Gasteiger partial charge in [0.25, 0.3) is 20.2 Å². The molecule has 2 rings (SSSR count). The van der Waals surface area contributed by atoms with Gasteiger partial charge in [0.2, 0.25) is 0 Å². The van der Waals surface area contributed by atoms with Crippen molar-refractivity contribution in [2.24, 2.45) is 0 Å². The molecular formula is C19H24O7S2. The molecule has 0 atom stereocenters. The fraction of sp³-hybridized carbons (Fsp3) is 0.368. The number of hydrogen-bond acceptors (Lipinski definition) is 7. The highest BCUT2D eigenvalue weighted by Gasteiger charge is 2.18. The zero-order valence-electron chi connectivity index (χ0n) is 16.0. The van der Waals surface area contributed by atoms with Crippen LogP contribution < -0.4 is 4.74 Å². The lowest BCUT2D eigenvalue weighted by atomic mass is 10.2. The van der Waals surface area contributed by atoms with E-state index in [-0.39, 0.29) is 29.6 Å². The van der Waals surface area contributed by atoms with Crippen LogP contribution in [0.2, 0.25) is 0 Å². The van der Waals surface area contributed by atoms with Crippen LogP contribution in [0, 0.1) is 13.8 Å². The molecule has 9 heteroatoms. The molecule has 0 aliphatic carbocycles. The molecule has 7 nitrogen and oxygen atoms in total. The molecule has 0 aliphatic rings. The summed E-state index contributed by atoms with van der Waals surface area (Å²) in [7, 11) is -7.76. The van der Waals surface area contributed by atoms with Crippen molar-refractivity contribution in [1.29, 1.82) is 0 Å². The summed E-state index contributed by atoms with van der Waals surface area (Å²) in [6, 6.07) is 10.9. The largest absolute Gasteiger partial charge is 0.491 e. The van der Waals surface area contributed by atoms with Crippen molar-refractivity contribution in [2.75, 3.05) is 19.8 Å². The van der Waals surface area contributed by atoms with E-state index in [2.05, 4.69) is 0 Å². The van der Waals surface area contributed by atoms with Gasteiger partial charge in [0.1, 0.15) is 19.0 Å². The second-order valence-corrected chi connectivity index (χ2v) is 9.29. The number of benzene rings is 2. The van der Waals surface area contributed by atoms with E-state index < -0.39 is 20.2 Å². The molecule has 2 aromatic rings. The first kappa shape index (κ1) is 22.4. The van der Waals surface area contributed by atoms with Crippen LogP contribution in [0.25, 0.3) is 0 Å². The summed E-state index contributed by atoms with van der Waals surface area (Å²) in [5, 5.41) is 0. The molecule has 0 amide bonds. The quantitative estimate of drug-likeness (QED) is 0.423. The zero-order chi connectivity index (χ0) is 20.8. The maximum Gasteiger partial charge on any atom is 0.297 e. The maximum absolute atomic E-state index is 12.2. The third-order valence-electron chi connectivity index (χ3n) is 3.83. The minimum absolute atomic E-state index is 0.0185. The van der Waals surface area contributed by atoms with Gasteiger partial charge in [0, 0.05) is 6.07 Å². The van der Waals surface area contributed by atoms with Crippen molar-refractivity contribution in [3.63, 3.8) is 0 Å². The van der Waals surface area contributed by atoms with Crippen molar-refractivity contribution >= 4 is 20.2 Å². The minimum atomic E-state index is -3.89. The molecule has 0 aliphatic heterocycles. The van der Waals surface area contributed by atoms with Crippen LogP contribution in [0.4, 0.5) is 0 Å². The Morgan fingerprint density at radius 3 is 2.14 bits per heavy atom. The van der Waals surface area contributed by atoms with Crippen molar-refractivity contribution in [3.8, 4) is 5.75 Å². The third kappa shape index (κ3) is 5.78. The molecular weight excluding hydrogens is 404 g/mol. The number of hydrogen-bond donors (Lipinski definition) is 0. The number of ether oxygens (including phenoxy) is 1. The maximum atomic E-state index is 12.2. The minimum Gasteiger partial charge on any atom is -0.491 e. The van der Waals surface area contributed by atoms with E-state index in [4.69, 9.17) is 13.1 Å². The molecule has 0 bridgehead atoms. The van der Waals surface area contributed by atoms with Crippen LogP contribution in [0.1, 0.15) is 24.5 Å². The van der Waals surface area contributed by atoms with Gasteiger partial charge in [-0.25, -0.2) is 0 Å². The van der Waals surface area contributed by atoms with Crippen molar-refractivity contribution in [2.45, 2.75) is 37.0 Å². The Bertz CT molecular complexity index is 1010. The molecule has 0 fully saturated rings. The summed E-state index contributed by atoms with van der Waals surface area (Å²) in [5.41, 5.74) is 1.29. The first-order valence-electron chi connectivity index (χ1n) is 8.75. The molecule has 0 aromatic heterocycles. The average molecular weight is 429 g/mol. The number of rotatable bonds is 10. The van der Waals surface area contributed by atoms with Gasteiger partial charge in [0.15, 0.2) is 0 Å². The molecule has 28 heavy (non-hydrogen) atoms. The first-order chi connectivity index (χ1) is 13.2. The normalized spacial score (nSPS) is 12.1. The van der Waals surface area contributed by atoms with E-state index in [1.165, 1.54) is 18.2 Å². The highest BCUT2D eigenvalue weighted by Crippen LogP contribution is 2.24. The summed E-state index contributed by atoms with van der Waals surface area (Å²) in [4.78, 5) is 0.0855. The van der Waals surface area contributed by atoms with E-state index in [9.17, 15) is 16.8 Å². The predicted octanol–water partition coefficient (Wildman–Crippen LogP) is 3.20. The molecule has 154 valence electrons. The lowest BCUT2D eigenvalue weighted by Gasteiger charge is -2.12. The van der Waals surface area contributed by atoms with Crippen LogP contribution in [0.15, 0.2) is 52.3 Å².